The molecule has 0 saturated carbocycles. The van der Waals surface area contributed by atoms with E-state index in [2.05, 4.69) is 9.47 Å². The van der Waals surface area contributed by atoms with Crippen molar-refractivity contribution < 1.29 is 40.6 Å². The van der Waals surface area contributed by atoms with Crippen LogP contribution in [-0.4, -0.2) is 31.5 Å². The maximum Gasteiger partial charge on any atom is 0.423 e. The van der Waals surface area contributed by atoms with Crippen molar-refractivity contribution in [1.82, 2.24) is 0 Å². The van der Waals surface area contributed by atoms with Gasteiger partial charge in [-0.15, -0.1) is 0 Å². The van der Waals surface area contributed by atoms with Crippen molar-refractivity contribution in [2.75, 3.05) is 7.11 Å². The van der Waals surface area contributed by atoms with Crippen LogP contribution in [0.15, 0.2) is 30.3 Å². The van der Waals surface area contributed by atoms with Crippen LogP contribution in [0.25, 0.3) is 0 Å². The Hall–Kier alpha value is -1.77. The summed E-state index contributed by atoms with van der Waals surface area (Å²) in [6.07, 6.45) is -17.6. The lowest BCUT2D eigenvalue weighted by Gasteiger charge is -2.27. The molecule has 1 aromatic carbocycles. The predicted molar refractivity (Wildman–Crippen MR) is 58.2 cm³/mol. The number of carbonyl (C=O) groups is 1. The fourth-order valence-electron chi connectivity index (χ4n) is 1.48. The first-order valence-corrected chi connectivity index (χ1v) is 5.49. The van der Waals surface area contributed by atoms with E-state index < -0.39 is 30.5 Å². The van der Waals surface area contributed by atoms with Gasteiger partial charge < -0.3 is 9.47 Å². The third-order valence-corrected chi connectivity index (χ3v) is 2.38. The molecule has 0 heterocycles. The number of hydrogen-bond acceptors (Lipinski definition) is 3. The highest BCUT2D eigenvalue weighted by Crippen LogP contribution is 2.38. The number of benzene rings is 1. The van der Waals surface area contributed by atoms with Crippen molar-refractivity contribution in [1.29, 1.82) is 0 Å². The molecule has 1 atom stereocenters. The summed E-state index contributed by atoms with van der Waals surface area (Å²) in [5.74, 6) is -1.36. The monoisotopic (exact) mass is 316 g/mol. The summed E-state index contributed by atoms with van der Waals surface area (Å²) in [5.41, 5.74) is -0.178. The first-order chi connectivity index (χ1) is 9.57. The maximum absolute atomic E-state index is 12.5. The van der Waals surface area contributed by atoms with E-state index in [1.807, 2.05) is 0 Å². The zero-order chi connectivity index (χ0) is 16.3. The number of methoxy groups -OCH3 is 1. The summed E-state index contributed by atoms with van der Waals surface area (Å²) in [5, 5.41) is 0. The Bertz CT molecular complexity index is 454. The Morgan fingerprint density at radius 2 is 1.48 bits per heavy atom. The quantitative estimate of drug-likeness (QED) is 0.631. The maximum atomic E-state index is 12.5. The van der Waals surface area contributed by atoms with Gasteiger partial charge in [-0.25, -0.2) is 4.79 Å². The third-order valence-electron chi connectivity index (χ3n) is 2.38. The molecule has 1 unspecified atom stereocenters. The van der Waals surface area contributed by atoms with Crippen LogP contribution in [0.2, 0.25) is 0 Å². The van der Waals surface area contributed by atoms with Gasteiger partial charge >= 0.3 is 18.3 Å². The van der Waals surface area contributed by atoms with Crippen molar-refractivity contribution in [2.24, 2.45) is 0 Å². The minimum absolute atomic E-state index is 0.178. The van der Waals surface area contributed by atoms with Gasteiger partial charge in [0.1, 0.15) is 0 Å². The molecular formula is C12H10F6O3. The summed E-state index contributed by atoms with van der Waals surface area (Å²) >= 11 is 0. The van der Waals surface area contributed by atoms with E-state index >= 15 is 0 Å². The first kappa shape index (κ1) is 17.3. The Morgan fingerprint density at radius 3 is 1.86 bits per heavy atom. The molecule has 0 amide bonds. The largest absolute Gasteiger partial charge is 0.467 e. The van der Waals surface area contributed by atoms with Crippen LogP contribution in [0.1, 0.15) is 11.7 Å². The number of halogens is 6. The molecule has 0 saturated heterocycles. The van der Waals surface area contributed by atoms with E-state index in [4.69, 9.17) is 0 Å². The molecule has 9 heteroatoms. The summed E-state index contributed by atoms with van der Waals surface area (Å²) in [6.45, 7) is 0. The van der Waals surface area contributed by atoms with Crippen molar-refractivity contribution >= 4 is 5.97 Å². The first-order valence-electron chi connectivity index (χ1n) is 5.49. The molecule has 0 aliphatic rings. The van der Waals surface area contributed by atoms with Crippen LogP contribution < -0.4 is 0 Å². The molecule has 0 aliphatic carbocycles. The molecule has 0 spiro atoms. The van der Waals surface area contributed by atoms with Crippen molar-refractivity contribution in [3.8, 4) is 0 Å². The molecule has 0 bridgehead atoms. The van der Waals surface area contributed by atoms with Crippen LogP contribution in [0.3, 0.4) is 0 Å². The zero-order valence-corrected chi connectivity index (χ0v) is 10.5. The van der Waals surface area contributed by atoms with E-state index in [-0.39, 0.29) is 5.56 Å². The molecule has 0 radical (unpaired) electrons. The van der Waals surface area contributed by atoms with Gasteiger partial charge in [-0.05, 0) is 5.56 Å². The van der Waals surface area contributed by atoms with Crippen LogP contribution in [0.4, 0.5) is 26.3 Å². The second-order valence-electron chi connectivity index (χ2n) is 3.91. The molecule has 21 heavy (non-hydrogen) atoms. The molecule has 1 rings (SSSR count). The van der Waals surface area contributed by atoms with Gasteiger partial charge in [0.05, 0.1) is 7.11 Å². The SMILES string of the molecule is COC(=O)C(OC(C(F)(F)F)C(F)(F)F)c1ccccc1. The second-order valence-corrected chi connectivity index (χ2v) is 3.91. The summed E-state index contributed by atoms with van der Waals surface area (Å²) in [7, 11) is 0.831. The average molecular weight is 316 g/mol. The van der Waals surface area contributed by atoms with Gasteiger partial charge in [0.25, 0.3) is 6.10 Å². The Kier molecular flexibility index (Phi) is 5.21. The smallest absolute Gasteiger partial charge is 0.423 e. The van der Waals surface area contributed by atoms with Gasteiger partial charge in [0, 0.05) is 0 Å². The number of carbonyl (C=O) groups excluding carboxylic acids is 1. The van der Waals surface area contributed by atoms with Crippen molar-refractivity contribution in [3.63, 3.8) is 0 Å². The number of alkyl halides is 6. The van der Waals surface area contributed by atoms with Crippen molar-refractivity contribution in [2.45, 2.75) is 24.6 Å². The van der Waals surface area contributed by atoms with Gasteiger partial charge in [-0.3, -0.25) is 0 Å². The molecule has 0 N–H and O–H groups in total. The van der Waals surface area contributed by atoms with Crippen LogP contribution in [0.5, 0.6) is 0 Å². The summed E-state index contributed by atoms with van der Waals surface area (Å²) < 4.78 is 83.0. The summed E-state index contributed by atoms with van der Waals surface area (Å²) in [6, 6.07) is 6.47. The van der Waals surface area contributed by atoms with Crippen LogP contribution >= 0.6 is 0 Å². The Labute approximate surface area is 115 Å². The lowest BCUT2D eigenvalue weighted by Crippen LogP contribution is -2.46. The minimum Gasteiger partial charge on any atom is -0.467 e. The number of esters is 1. The van der Waals surface area contributed by atoms with E-state index in [1.165, 1.54) is 18.2 Å². The molecular weight excluding hydrogens is 306 g/mol. The van der Waals surface area contributed by atoms with Gasteiger partial charge in [0.2, 0.25) is 0 Å². The van der Waals surface area contributed by atoms with Crippen LogP contribution in [-0.2, 0) is 14.3 Å². The predicted octanol–water partition coefficient (Wildman–Crippen LogP) is 3.41. The highest BCUT2D eigenvalue weighted by atomic mass is 19.4. The average Bonchev–Trinajstić information content (AvgIpc) is 2.36. The van der Waals surface area contributed by atoms with Crippen molar-refractivity contribution in [3.05, 3.63) is 35.9 Å². The molecule has 3 nitrogen and oxygen atoms in total. The number of ether oxygens (including phenoxy) is 2. The number of hydrogen-bond donors (Lipinski definition) is 0. The fourth-order valence-corrected chi connectivity index (χ4v) is 1.48. The molecule has 0 aromatic heterocycles. The van der Waals surface area contributed by atoms with E-state index in [0.717, 1.165) is 19.2 Å². The van der Waals surface area contributed by atoms with E-state index in [1.54, 1.807) is 0 Å². The lowest BCUT2D eigenvalue weighted by atomic mass is 10.1. The summed E-state index contributed by atoms with van der Waals surface area (Å²) in [4.78, 5) is 11.4. The van der Waals surface area contributed by atoms with Gasteiger partial charge in [-0.2, -0.15) is 26.3 Å². The number of rotatable bonds is 4. The molecule has 1 aromatic rings. The zero-order valence-electron chi connectivity index (χ0n) is 10.5. The van der Waals surface area contributed by atoms with Crippen LogP contribution in [0, 0.1) is 0 Å². The van der Waals surface area contributed by atoms with Gasteiger partial charge in [-0.1, -0.05) is 30.3 Å². The van der Waals surface area contributed by atoms with Gasteiger partial charge in [0.15, 0.2) is 6.10 Å². The molecule has 0 fully saturated rings. The van der Waals surface area contributed by atoms with E-state index in [9.17, 15) is 31.1 Å². The normalized spacial score (nSPS) is 14.1. The molecule has 118 valence electrons. The highest BCUT2D eigenvalue weighted by molar-refractivity contribution is 5.76. The Morgan fingerprint density at radius 1 is 1.00 bits per heavy atom. The fraction of sp³-hybridized carbons (Fsp3) is 0.417. The minimum atomic E-state index is -5.71. The topological polar surface area (TPSA) is 35.5 Å². The Balaban J connectivity index is 3.13. The van der Waals surface area contributed by atoms with E-state index in [0.29, 0.717) is 0 Å². The standard InChI is InChI=1S/C12H10F6O3/c1-20-9(19)8(7-5-3-2-4-6-7)21-10(11(13,14)15)12(16,17)18/h2-6,8,10H,1H3. The highest BCUT2D eigenvalue weighted by Gasteiger charge is 2.59. The molecule has 0 aliphatic heterocycles. The third kappa shape index (κ3) is 4.62. The lowest BCUT2D eigenvalue weighted by molar-refractivity contribution is -0.330. The second kappa shape index (κ2) is 6.33.